The maximum Gasteiger partial charge on any atom is 0.263 e. The van der Waals surface area contributed by atoms with Gasteiger partial charge in [-0.1, -0.05) is 12.1 Å². The van der Waals surface area contributed by atoms with Crippen LogP contribution in [0.4, 0.5) is 0 Å². The van der Waals surface area contributed by atoms with E-state index >= 15 is 0 Å². The first-order chi connectivity index (χ1) is 14.1. The number of fused-ring (bicyclic) bond motifs is 3. The number of benzene rings is 1. The molecule has 1 N–H and O–H groups in total. The third-order valence-corrected chi connectivity index (χ3v) is 6.38. The van der Waals surface area contributed by atoms with Crippen molar-refractivity contribution in [2.24, 2.45) is 5.10 Å². The summed E-state index contributed by atoms with van der Waals surface area (Å²) in [5, 5.41) is 4.67. The van der Waals surface area contributed by atoms with E-state index in [0.29, 0.717) is 11.1 Å². The lowest BCUT2D eigenvalue weighted by molar-refractivity contribution is -0.123. The van der Waals surface area contributed by atoms with Crippen molar-refractivity contribution in [2.75, 3.05) is 7.11 Å². The van der Waals surface area contributed by atoms with Gasteiger partial charge >= 0.3 is 0 Å². The fourth-order valence-corrected chi connectivity index (χ4v) is 4.77. The van der Waals surface area contributed by atoms with E-state index in [4.69, 9.17) is 4.74 Å². The van der Waals surface area contributed by atoms with Crippen molar-refractivity contribution in [3.8, 4) is 5.75 Å². The molecule has 0 spiro atoms. The minimum Gasteiger partial charge on any atom is -0.497 e. The molecule has 2 heterocycles. The Balaban J connectivity index is 1.54. The second-order valence-electron chi connectivity index (χ2n) is 7.03. The number of carbonyl (C=O) groups excluding carboxylic acids is 1. The molecule has 0 aliphatic heterocycles. The van der Waals surface area contributed by atoms with Crippen molar-refractivity contribution in [1.82, 2.24) is 15.0 Å². The molecule has 3 aromatic rings. The molecule has 8 heteroatoms. The van der Waals surface area contributed by atoms with Crippen LogP contribution in [0, 0.1) is 0 Å². The molecule has 2 aromatic heterocycles. The van der Waals surface area contributed by atoms with Crippen molar-refractivity contribution in [2.45, 2.75) is 38.6 Å². The van der Waals surface area contributed by atoms with E-state index in [1.165, 1.54) is 22.0 Å². The Hall–Kier alpha value is -3.00. The first-order valence-corrected chi connectivity index (χ1v) is 10.4. The van der Waals surface area contributed by atoms with E-state index in [9.17, 15) is 9.59 Å². The topological polar surface area (TPSA) is 85.6 Å². The number of hydrogen-bond donors (Lipinski definition) is 1. The van der Waals surface area contributed by atoms with Gasteiger partial charge in [0, 0.05) is 4.88 Å². The van der Waals surface area contributed by atoms with Crippen molar-refractivity contribution in [3.05, 3.63) is 57.0 Å². The Labute approximate surface area is 172 Å². The third kappa shape index (κ3) is 3.80. The van der Waals surface area contributed by atoms with E-state index in [0.717, 1.165) is 41.6 Å². The number of thiophene rings is 1. The zero-order chi connectivity index (χ0) is 20.4. The second-order valence-corrected chi connectivity index (χ2v) is 8.12. The lowest BCUT2D eigenvalue weighted by atomic mass is 9.97. The van der Waals surface area contributed by atoms with Crippen LogP contribution >= 0.6 is 11.3 Å². The Morgan fingerprint density at radius 1 is 1.38 bits per heavy atom. The predicted octanol–water partition coefficient (Wildman–Crippen LogP) is 3.06. The fraction of sp³-hybridized carbons (Fsp3) is 0.333. The van der Waals surface area contributed by atoms with Crippen molar-refractivity contribution in [1.29, 1.82) is 0 Å². The lowest BCUT2D eigenvalue weighted by Gasteiger charge is -2.14. The highest BCUT2D eigenvalue weighted by Gasteiger charge is 2.23. The normalized spacial score (nSPS) is 14.7. The summed E-state index contributed by atoms with van der Waals surface area (Å²) < 4.78 is 6.56. The molecule has 150 valence electrons. The summed E-state index contributed by atoms with van der Waals surface area (Å²) in [5.74, 6) is 0.329. The Bertz CT molecular complexity index is 1150. The van der Waals surface area contributed by atoms with Crippen LogP contribution in [0.1, 0.15) is 41.8 Å². The molecule has 1 aliphatic carbocycles. The fourth-order valence-electron chi connectivity index (χ4n) is 3.55. The highest BCUT2D eigenvalue weighted by atomic mass is 32.1. The third-order valence-electron chi connectivity index (χ3n) is 5.18. The summed E-state index contributed by atoms with van der Waals surface area (Å²) in [5.41, 5.74) is 4.26. The standard InChI is InChI=1S/C21H22N4O3S/c1-13(19(26)24-23-11-14-6-5-7-15(10-14)28-2)25-12-22-20-18(21(25)27)16-8-3-4-9-17(16)29-20/h5-7,10-13H,3-4,8-9H2,1-2H3,(H,24,26). The molecule has 1 aliphatic rings. The molecule has 0 radical (unpaired) electrons. The molecule has 1 aromatic carbocycles. The van der Waals surface area contributed by atoms with Gasteiger partial charge in [-0.25, -0.2) is 10.4 Å². The first kappa shape index (κ1) is 19.3. The van der Waals surface area contributed by atoms with Crippen LogP contribution in [0.3, 0.4) is 0 Å². The number of hydrogen-bond acceptors (Lipinski definition) is 6. The SMILES string of the molecule is COc1cccc(C=NNC(=O)C(C)n2cnc3sc4c(c3c2=O)CCCC4)c1. The maximum atomic E-state index is 13.1. The van der Waals surface area contributed by atoms with Gasteiger partial charge in [0.15, 0.2) is 0 Å². The van der Waals surface area contributed by atoms with E-state index < -0.39 is 6.04 Å². The molecule has 0 fully saturated rings. The van der Waals surface area contributed by atoms with Gasteiger partial charge in [0.25, 0.3) is 11.5 Å². The Morgan fingerprint density at radius 2 is 2.21 bits per heavy atom. The lowest BCUT2D eigenvalue weighted by Crippen LogP contribution is -2.34. The number of hydrazone groups is 1. The number of rotatable bonds is 5. The summed E-state index contributed by atoms with van der Waals surface area (Å²) in [6, 6.07) is 6.61. The molecule has 7 nitrogen and oxygen atoms in total. The number of amides is 1. The highest BCUT2D eigenvalue weighted by molar-refractivity contribution is 7.18. The van der Waals surface area contributed by atoms with Crippen LogP contribution < -0.4 is 15.7 Å². The van der Waals surface area contributed by atoms with Gasteiger partial charge in [-0.15, -0.1) is 11.3 Å². The minimum absolute atomic E-state index is 0.158. The van der Waals surface area contributed by atoms with Gasteiger partial charge in [0.05, 0.1) is 25.0 Å². The van der Waals surface area contributed by atoms with Crippen molar-refractivity contribution >= 4 is 33.7 Å². The maximum absolute atomic E-state index is 13.1. The zero-order valence-corrected chi connectivity index (χ0v) is 17.2. The van der Waals surface area contributed by atoms with Gasteiger partial charge in [-0.3, -0.25) is 14.2 Å². The van der Waals surface area contributed by atoms with Crippen LogP contribution in [0.15, 0.2) is 40.5 Å². The van der Waals surface area contributed by atoms with Crippen LogP contribution in [0.25, 0.3) is 10.2 Å². The van der Waals surface area contributed by atoms with E-state index in [-0.39, 0.29) is 11.5 Å². The molecule has 1 amide bonds. The number of methoxy groups -OCH3 is 1. The molecular formula is C21H22N4O3S. The highest BCUT2D eigenvalue weighted by Crippen LogP contribution is 2.33. The number of aromatic nitrogens is 2. The number of aryl methyl sites for hydroxylation is 2. The molecule has 0 saturated carbocycles. The van der Waals surface area contributed by atoms with Gasteiger partial charge in [-0.05, 0) is 55.9 Å². The summed E-state index contributed by atoms with van der Waals surface area (Å²) in [7, 11) is 1.59. The smallest absolute Gasteiger partial charge is 0.263 e. The average Bonchev–Trinajstić information content (AvgIpc) is 3.13. The average molecular weight is 410 g/mol. The molecule has 1 atom stereocenters. The largest absolute Gasteiger partial charge is 0.497 e. The quantitative estimate of drug-likeness (QED) is 0.517. The second kappa shape index (κ2) is 8.16. The molecule has 4 rings (SSSR count). The first-order valence-electron chi connectivity index (χ1n) is 9.57. The van der Waals surface area contributed by atoms with Gasteiger partial charge in [0.2, 0.25) is 0 Å². The Morgan fingerprint density at radius 3 is 3.03 bits per heavy atom. The summed E-state index contributed by atoms with van der Waals surface area (Å²) in [6.07, 6.45) is 7.14. The molecule has 0 saturated heterocycles. The van der Waals surface area contributed by atoms with Crippen LogP contribution in [-0.2, 0) is 17.6 Å². The number of nitrogens with one attached hydrogen (secondary N) is 1. The van der Waals surface area contributed by atoms with E-state index in [1.807, 2.05) is 18.2 Å². The molecular weight excluding hydrogens is 388 g/mol. The van der Waals surface area contributed by atoms with Gasteiger partial charge < -0.3 is 4.74 Å². The monoisotopic (exact) mass is 410 g/mol. The number of carbonyl (C=O) groups is 1. The van der Waals surface area contributed by atoms with Gasteiger partial charge in [-0.2, -0.15) is 5.10 Å². The zero-order valence-electron chi connectivity index (χ0n) is 16.3. The number of nitrogens with zero attached hydrogens (tertiary/aromatic N) is 3. The summed E-state index contributed by atoms with van der Waals surface area (Å²) in [6.45, 7) is 1.67. The van der Waals surface area contributed by atoms with E-state index in [1.54, 1.807) is 31.4 Å². The predicted molar refractivity (Wildman–Crippen MR) is 114 cm³/mol. The molecule has 1 unspecified atom stereocenters. The van der Waals surface area contributed by atoms with E-state index in [2.05, 4.69) is 15.5 Å². The van der Waals surface area contributed by atoms with Gasteiger partial charge in [0.1, 0.15) is 16.6 Å². The Kier molecular flexibility index (Phi) is 5.44. The van der Waals surface area contributed by atoms with Crippen molar-refractivity contribution in [3.63, 3.8) is 0 Å². The molecule has 0 bridgehead atoms. The summed E-state index contributed by atoms with van der Waals surface area (Å²) >= 11 is 1.60. The van der Waals surface area contributed by atoms with Crippen molar-refractivity contribution < 1.29 is 9.53 Å². The minimum atomic E-state index is -0.721. The number of ether oxygens (including phenoxy) is 1. The van der Waals surface area contributed by atoms with Crippen LogP contribution in [0.2, 0.25) is 0 Å². The van der Waals surface area contributed by atoms with Crippen LogP contribution in [-0.4, -0.2) is 28.8 Å². The summed E-state index contributed by atoms with van der Waals surface area (Å²) in [4.78, 5) is 32.1. The van der Waals surface area contributed by atoms with Crippen LogP contribution in [0.5, 0.6) is 5.75 Å². The molecule has 29 heavy (non-hydrogen) atoms.